The summed E-state index contributed by atoms with van der Waals surface area (Å²) in [6.07, 6.45) is 4.82. The number of thioether (sulfide) groups is 2. The van der Waals surface area contributed by atoms with Gasteiger partial charge in [0.2, 0.25) is 0 Å². The topological polar surface area (TPSA) is 35.2 Å². The fourth-order valence-electron chi connectivity index (χ4n) is 2.96. The van der Waals surface area contributed by atoms with Crippen LogP contribution in [0.5, 0.6) is 0 Å². The van der Waals surface area contributed by atoms with E-state index in [2.05, 4.69) is 23.9 Å². The second-order valence-corrected chi connectivity index (χ2v) is 8.05. The van der Waals surface area contributed by atoms with Gasteiger partial charge in [-0.15, -0.1) is 11.8 Å². The Bertz CT molecular complexity index is 426. The Morgan fingerprint density at radius 3 is 2.95 bits per heavy atom. The Kier molecular flexibility index (Phi) is 4.30. The van der Waals surface area contributed by atoms with E-state index in [9.17, 15) is 0 Å². The van der Waals surface area contributed by atoms with Crippen molar-refractivity contribution in [2.45, 2.75) is 41.4 Å². The van der Waals surface area contributed by atoms with Gasteiger partial charge in [-0.3, -0.25) is 0 Å². The van der Waals surface area contributed by atoms with Crippen LogP contribution >= 0.6 is 23.5 Å². The quantitative estimate of drug-likeness (QED) is 0.842. The van der Waals surface area contributed by atoms with E-state index in [1.807, 2.05) is 23.9 Å². The van der Waals surface area contributed by atoms with Crippen LogP contribution < -0.4 is 5.73 Å². The molecule has 0 aromatic heterocycles. The predicted molar refractivity (Wildman–Crippen MR) is 85.0 cm³/mol. The van der Waals surface area contributed by atoms with Crippen molar-refractivity contribution in [2.75, 3.05) is 23.8 Å². The molecule has 2 fully saturated rings. The third-order valence-electron chi connectivity index (χ3n) is 4.01. The average molecular weight is 295 g/mol. The second kappa shape index (κ2) is 5.98. The number of nitrogens with two attached hydrogens (primary N) is 1. The zero-order valence-corrected chi connectivity index (χ0v) is 12.8. The molecular weight excluding hydrogens is 274 g/mol. The summed E-state index contributed by atoms with van der Waals surface area (Å²) < 4.78 is 6.15. The first-order valence-corrected chi connectivity index (χ1v) is 9.03. The number of nitrogen functional groups attached to an aromatic ring is 1. The standard InChI is InChI=1S/C15H21NOS2/c16-12-2-1-3-13(10-12)19-14-4-7-17-15(11-14)5-8-18-9-6-15/h1-3,10,14H,4-9,11,16H2. The van der Waals surface area contributed by atoms with Crippen LogP contribution in [0.15, 0.2) is 29.2 Å². The minimum atomic E-state index is 0.182. The predicted octanol–water partition coefficient (Wildman–Crippen LogP) is 3.81. The first-order chi connectivity index (χ1) is 9.26. The van der Waals surface area contributed by atoms with Crippen LogP contribution in [0.3, 0.4) is 0 Å². The Hall–Kier alpha value is -0.320. The summed E-state index contributed by atoms with van der Waals surface area (Å²) >= 11 is 4.05. The largest absolute Gasteiger partial charge is 0.399 e. The first kappa shape index (κ1) is 13.7. The molecule has 1 spiro atoms. The molecule has 2 aliphatic heterocycles. The molecular formula is C15H21NOS2. The van der Waals surface area contributed by atoms with E-state index in [1.165, 1.54) is 35.7 Å². The van der Waals surface area contributed by atoms with E-state index < -0.39 is 0 Å². The van der Waals surface area contributed by atoms with E-state index in [0.29, 0.717) is 5.25 Å². The lowest BCUT2D eigenvalue weighted by Gasteiger charge is -2.43. The molecule has 0 saturated carbocycles. The van der Waals surface area contributed by atoms with Gasteiger partial charge >= 0.3 is 0 Å². The zero-order chi connectivity index (χ0) is 13.1. The molecule has 2 aliphatic rings. The lowest BCUT2D eigenvalue weighted by Crippen LogP contribution is -2.43. The highest BCUT2D eigenvalue weighted by Crippen LogP contribution is 2.42. The Morgan fingerprint density at radius 2 is 2.16 bits per heavy atom. The van der Waals surface area contributed by atoms with Crippen molar-refractivity contribution in [3.8, 4) is 0 Å². The number of rotatable bonds is 2. The van der Waals surface area contributed by atoms with Gasteiger partial charge in [0, 0.05) is 22.4 Å². The number of anilines is 1. The molecule has 1 aromatic rings. The number of benzene rings is 1. The van der Waals surface area contributed by atoms with E-state index in [-0.39, 0.29) is 5.60 Å². The molecule has 0 aliphatic carbocycles. The summed E-state index contributed by atoms with van der Waals surface area (Å²) in [6, 6.07) is 8.25. The van der Waals surface area contributed by atoms with Crippen LogP contribution in [0.25, 0.3) is 0 Å². The highest BCUT2D eigenvalue weighted by atomic mass is 32.2. The van der Waals surface area contributed by atoms with Crippen molar-refractivity contribution in [3.63, 3.8) is 0 Å². The molecule has 104 valence electrons. The molecule has 3 rings (SSSR count). The van der Waals surface area contributed by atoms with Gasteiger partial charge in [-0.2, -0.15) is 11.8 Å². The molecule has 2 heterocycles. The van der Waals surface area contributed by atoms with Gasteiger partial charge in [0.05, 0.1) is 5.60 Å². The highest BCUT2D eigenvalue weighted by molar-refractivity contribution is 8.00. The molecule has 1 atom stereocenters. The van der Waals surface area contributed by atoms with E-state index >= 15 is 0 Å². The smallest absolute Gasteiger partial charge is 0.0709 e. The highest BCUT2D eigenvalue weighted by Gasteiger charge is 2.38. The van der Waals surface area contributed by atoms with Crippen LogP contribution in [-0.4, -0.2) is 29.0 Å². The van der Waals surface area contributed by atoms with Crippen LogP contribution in [0.4, 0.5) is 5.69 Å². The van der Waals surface area contributed by atoms with Gasteiger partial charge in [-0.05, 0) is 55.4 Å². The van der Waals surface area contributed by atoms with Gasteiger partial charge in [-0.1, -0.05) is 6.07 Å². The molecule has 19 heavy (non-hydrogen) atoms. The summed E-state index contributed by atoms with van der Waals surface area (Å²) in [5.74, 6) is 2.52. The minimum Gasteiger partial charge on any atom is -0.399 e. The molecule has 1 aromatic carbocycles. The fourth-order valence-corrected chi connectivity index (χ4v) is 5.54. The maximum Gasteiger partial charge on any atom is 0.0709 e. The Balaban J connectivity index is 1.65. The molecule has 2 nitrogen and oxygen atoms in total. The average Bonchev–Trinajstić information content (AvgIpc) is 2.40. The maximum atomic E-state index is 6.15. The van der Waals surface area contributed by atoms with Crippen molar-refractivity contribution in [1.82, 2.24) is 0 Å². The summed E-state index contributed by atoms with van der Waals surface area (Å²) in [6.45, 7) is 0.921. The van der Waals surface area contributed by atoms with Crippen LogP contribution in [0.2, 0.25) is 0 Å². The minimum absolute atomic E-state index is 0.182. The Morgan fingerprint density at radius 1 is 1.32 bits per heavy atom. The first-order valence-electron chi connectivity index (χ1n) is 7.00. The summed E-state index contributed by atoms with van der Waals surface area (Å²) in [4.78, 5) is 1.30. The SMILES string of the molecule is Nc1cccc(SC2CCOC3(CCSCC3)C2)c1. The zero-order valence-electron chi connectivity index (χ0n) is 11.1. The van der Waals surface area contributed by atoms with Crippen LogP contribution in [-0.2, 0) is 4.74 Å². The summed E-state index contributed by atoms with van der Waals surface area (Å²) in [5.41, 5.74) is 6.90. The van der Waals surface area contributed by atoms with Gasteiger partial charge < -0.3 is 10.5 Å². The lowest BCUT2D eigenvalue weighted by atomic mass is 9.88. The van der Waals surface area contributed by atoms with Gasteiger partial charge in [0.25, 0.3) is 0 Å². The van der Waals surface area contributed by atoms with Crippen molar-refractivity contribution in [3.05, 3.63) is 24.3 Å². The number of ether oxygens (including phenoxy) is 1. The third kappa shape index (κ3) is 3.41. The molecule has 0 amide bonds. The van der Waals surface area contributed by atoms with Crippen LogP contribution in [0.1, 0.15) is 25.7 Å². The van der Waals surface area contributed by atoms with Gasteiger partial charge in [-0.25, -0.2) is 0 Å². The maximum absolute atomic E-state index is 6.15. The summed E-state index contributed by atoms with van der Waals surface area (Å²) in [7, 11) is 0. The fraction of sp³-hybridized carbons (Fsp3) is 0.600. The monoisotopic (exact) mass is 295 g/mol. The third-order valence-corrected chi connectivity index (χ3v) is 6.26. The molecule has 2 saturated heterocycles. The van der Waals surface area contributed by atoms with Crippen molar-refractivity contribution in [1.29, 1.82) is 0 Å². The molecule has 4 heteroatoms. The van der Waals surface area contributed by atoms with E-state index in [0.717, 1.165) is 18.7 Å². The van der Waals surface area contributed by atoms with Crippen LogP contribution in [0, 0.1) is 0 Å². The molecule has 2 N–H and O–H groups in total. The van der Waals surface area contributed by atoms with Gasteiger partial charge in [0.1, 0.15) is 0 Å². The van der Waals surface area contributed by atoms with Crippen molar-refractivity contribution >= 4 is 29.2 Å². The van der Waals surface area contributed by atoms with Gasteiger partial charge in [0.15, 0.2) is 0 Å². The van der Waals surface area contributed by atoms with E-state index in [1.54, 1.807) is 0 Å². The van der Waals surface area contributed by atoms with Crippen molar-refractivity contribution < 1.29 is 4.74 Å². The number of hydrogen-bond donors (Lipinski definition) is 1. The Labute approximate surface area is 123 Å². The van der Waals surface area contributed by atoms with Crippen molar-refractivity contribution in [2.24, 2.45) is 0 Å². The lowest BCUT2D eigenvalue weighted by molar-refractivity contribution is -0.0804. The summed E-state index contributed by atoms with van der Waals surface area (Å²) in [5, 5.41) is 0.679. The number of hydrogen-bond acceptors (Lipinski definition) is 4. The molecule has 0 bridgehead atoms. The molecule has 0 radical (unpaired) electrons. The molecule has 1 unspecified atom stereocenters. The second-order valence-electron chi connectivity index (χ2n) is 5.45. The van der Waals surface area contributed by atoms with E-state index in [4.69, 9.17) is 10.5 Å². The normalized spacial score (nSPS) is 26.4.